The third kappa shape index (κ3) is 12.7. The third-order valence-electron chi connectivity index (χ3n) is 4.07. The van der Waals surface area contributed by atoms with E-state index in [4.69, 9.17) is 0 Å². The van der Waals surface area contributed by atoms with Gasteiger partial charge in [0.15, 0.2) is 5.96 Å². The molecule has 1 aromatic rings. The molecule has 0 bridgehead atoms. The second-order valence-electron chi connectivity index (χ2n) is 6.52. The van der Waals surface area contributed by atoms with Crippen molar-refractivity contribution in [3.05, 3.63) is 35.4 Å². The van der Waals surface area contributed by atoms with Crippen LogP contribution >= 0.6 is 0 Å². The molecule has 2 N–H and O–H groups in total. The summed E-state index contributed by atoms with van der Waals surface area (Å²) in [7, 11) is 3.08. The van der Waals surface area contributed by atoms with Gasteiger partial charge < -0.3 is 20.1 Å². The highest BCUT2D eigenvalue weighted by Crippen LogP contribution is 2.15. The molecule has 0 heterocycles. The smallest absolute Gasteiger partial charge is 0.411 e. The monoisotopic (exact) mass is 417 g/mol. The molecule has 1 rings (SSSR count). The van der Waals surface area contributed by atoms with Crippen LogP contribution in [0.1, 0.15) is 43.2 Å². The van der Waals surface area contributed by atoms with E-state index in [0.717, 1.165) is 37.8 Å². The van der Waals surface area contributed by atoms with Crippen LogP contribution in [-0.2, 0) is 27.4 Å². The third-order valence-corrected chi connectivity index (χ3v) is 4.07. The molecule has 0 atom stereocenters. The Hall–Kier alpha value is -2.29. The number of esters is 1. The van der Waals surface area contributed by atoms with Crippen LogP contribution in [0.15, 0.2) is 29.3 Å². The molecular weight excluding hydrogens is 387 g/mol. The Labute approximate surface area is 169 Å². The predicted octanol–water partition coefficient (Wildman–Crippen LogP) is 3.55. The van der Waals surface area contributed by atoms with Gasteiger partial charge in [0.05, 0.1) is 13.7 Å². The number of alkyl halides is 3. The van der Waals surface area contributed by atoms with Gasteiger partial charge in [0, 0.05) is 26.6 Å². The predicted molar refractivity (Wildman–Crippen MR) is 105 cm³/mol. The van der Waals surface area contributed by atoms with Crippen LogP contribution in [0.25, 0.3) is 0 Å². The Morgan fingerprint density at radius 1 is 1.03 bits per heavy atom. The van der Waals surface area contributed by atoms with Crippen molar-refractivity contribution < 1.29 is 27.4 Å². The van der Waals surface area contributed by atoms with Gasteiger partial charge in [0.25, 0.3) is 0 Å². The highest BCUT2D eigenvalue weighted by Gasteiger charge is 2.27. The van der Waals surface area contributed by atoms with Crippen molar-refractivity contribution in [3.8, 4) is 0 Å². The molecule has 0 saturated heterocycles. The number of nitrogens with zero attached hydrogens (tertiary/aromatic N) is 1. The molecule has 0 saturated carbocycles. The maximum Gasteiger partial charge on any atom is 0.411 e. The maximum atomic E-state index is 12.1. The van der Waals surface area contributed by atoms with Crippen molar-refractivity contribution in [1.29, 1.82) is 0 Å². The van der Waals surface area contributed by atoms with Crippen molar-refractivity contribution in [2.75, 3.05) is 27.3 Å². The summed E-state index contributed by atoms with van der Waals surface area (Å²) in [5, 5.41) is 6.42. The Kier molecular flexibility index (Phi) is 11.8. The van der Waals surface area contributed by atoms with Crippen LogP contribution < -0.4 is 10.6 Å². The molecule has 0 aliphatic heterocycles. The zero-order valence-electron chi connectivity index (χ0n) is 17.0. The number of rotatable bonds is 12. The van der Waals surface area contributed by atoms with Gasteiger partial charge in [-0.25, -0.2) is 0 Å². The number of hydrogen-bond acceptors (Lipinski definition) is 4. The van der Waals surface area contributed by atoms with Crippen LogP contribution in [0.5, 0.6) is 0 Å². The summed E-state index contributed by atoms with van der Waals surface area (Å²) in [6, 6.07) is 7.18. The van der Waals surface area contributed by atoms with E-state index in [1.54, 1.807) is 19.2 Å². The standard InChI is InChI=1S/C20H30F3N3O3/c1-24-19(25-12-6-4-3-5-7-18(27)28-2)26-13-16-8-10-17(11-9-16)14-29-15-20(21,22)23/h8-11H,3-7,12-15H2,1-2H3,(H2,24,25,26). The molecule has 0 radical (unpaired) electrons. The quantitative estimate of drug-likeness (QED) is 0.236. The lowest BCUT2D eigenvalue weighted by Gasteiger charge is -2.12. The van der Waals surface area contributed by atoms with Crippen molar-refractivity contribution in [2.45, 2.75) is 51.4 Å². The van der Waals surface area contributed by atoms with E-state index >= 15 is 0 Å². The first-order valence-corrected chi connectivity index (χ1v) is 9.57. The highest BCUT2D eigenvalue weighted by atomic mass is 19.4. The van der Waals surface area contributed by atoms with Gasteiger partial charge in [0.1, 0.15) is 6.61 Å². The zero-order chi connectivity index (χ0) is 21.5. The number of nitrogens with one attached hydrogen (secondary N) is 2. The van der Waals surface area contributed by atoms with E-state index < -0.39 is 12.8 Å². The average Bonchev–Trinajstić information content (AvgIpc) is 2.69. The lowest BCUT2D eigenvalue weighted by atomic mass is 10.1. The van der Waals surface area contributed by atoms with Crippen molar-refractivity contribution in [1.82, 2.24) is 10.6 Å². The maximum absolute atomic E-state index is 12.1. The van der Waals surface area contributed by atoms with Gasteiger partial charge in [-0.1, -0.05) is 37.1 Å². The molecule has 0 aliphatic carbocycles. The Morgan fingerprint density at radius 2 is 1.69 bits per heavy atom. The van der Waals surface area contributed by atoms with Crippen molar-refractivity contribution >= 4 is 11.9 Å². The number of halogens is 3. The van der Waals surface area contributed by atoms with Gasteiger partial charge in [-0.05, 0) is 24.0 Å². The summed E-state index contributed by atoms with van der Waals surface area (Å²) >= 11 is 0. The van der Waals surface area contributed by atoms with E-state index in [1.165, 1.54) is 7.11 Å². The SMILES string of the molecule is CN=C(NCCCCCCC(=O)OC)NCc1ccc(COCC(F)(F)F)cc1. The highest BCUT2D eigenvalue weighted by molar-refractivity contribution is 5.79. The number of ether oxygens (including phenoxy) is 2. The van der Waals surface area contributed by atoms with Crippen molar-refractivity contribution in [3.63, 3.8) is 0 Å². The van der Waals surface area contributed by atoms with Crippen LogP contribution in [0.4, 0.5) is 13.2 Å². The van der Waals surface area contributed by atoms with E-state index in [2.05, 4.69) is 25.1 Å². The molecule has 6 nitrogen and oxygen atoms in total. The summed E-state index contributed by atoms with van der Waals surface area (Å²) in [6.07, 6.45) is -0.0672. The molecule has 0 aliphatic rings. The molecule has 0 amide bonds. The molecular formula is C20H30F3N3O3. The minimum atomic E-state index is -4.31. The van der Waals surface area contributed by atoms with Gasteiger partial charge >= 0.3 is 12.1 Å². The van der Waals surface area contributed by atoms with Crippen LogP contribution in [0.2, 0.25) is 0 Å². The number of methoxy groups -OCH3 is 1. The minimum absolute atomic E-state index is 0.0733. The molecule has 9 heteroatoms. The molecule has 0 spiro atoms. The Morgan fingerprint density at radius 3 is 2.31 bits per heavy atom. The summed E-state index contributed by atoms with van der Waals surface area (Å²) < 4.78 is 45.5. The normalized spacial score (nSPS) is 12.0. The first-order chi connectivity index (χ1) is 13.8. The first kappa shape index (κ1) is 24.7. The number of benzene rings is 1. The lowest BCUT2D eigenvalue weighted by molar-refractivity contribution is -0.176. The second kappa shape index (κ2) is 13.8. The minimum Gasteiger partial charge on any atom is -0.469 e. The van der Waals surface area contributed by atoms with Gasteiger partial charge in [0.2, 0.25) is 0 Å². The molecule has 164 valence electrons. The second-order valence-corrected chi connectivity index (χ2v) is 6.52. The zero-order valence-corrected chi connectivity index (χ0v) is 17.0. The van der Waals surface area contributed by atoms with Crippen LogP contribution in [0, 0.1) is 0 Å². The van der Waals surface area contributed by atoms with E-state index in [1.807, 2.05) is 12.1 Å². The summed E-state index contributed by atoms with van der Waals surface area (Å²) in [4.78, 5) is 15.2. The number of carbonyl (C=O) groups is 1. The first-order valence-electron chi connectivity index (χ1n) is 9.57. The fourth-order valence-electron chi connectivity index (χ4n) is 2.50. The number of guanidine groups is 1. The molecule has 0 unspecified atom stereocenters. The molecule has 0 fully saturated rings. The fraction of sp³-hybridized carbons (Fsp3) is 0.600. The number of carbonyl (C=O) groups excluding carboxylic acids is 1. The molecule has 29 heavy (non-hydrogen) atoms. The molecule has 0 aromatic heterocycles. The van der Waals surface area contributed by atoms with Crippen LogP contribution in [0.3, 0.4) is 0 Å². The largest absolute Gasteiger partial charge is 0.469 e. The van der Waals surface area contributed by atoms with Crippen molar-refractivity contribution in [2.24, 2.45) is 4.99 Å². The van der Waals surface area contributed by atoms with E-state index in [0.29, 0.717) is 24.5 Å². The summed E-state index contributed by atoms with van der Waals surface area (Å²) in [5.74, 6) is 0.506. The van der Waals surface area contributed by atoms with E-state index in [-0.39, 0.29) is 12.6 Å². The lowest BCUT2D eigenvalue weighted by Crippen LogP contribution is -2.37. The Balaban J connectivity index is 2.19. The molecule has 1 aromatic carbocycles. The number of hydrogen-bond donors (Lipinski definition) is 2. The number of aliphatic imine (C=N–C) groups is 1. The van der Waals surface area contributed by atoms with E-state index in [9.17, 15) is 18.0 Å². The van der Waals surface area contributed by atoms with Gasteiger partial charge in [-0.2, -0.15) is 13.2 Å². The summed E-state index contributed by atoms with van der Waals surface area (Å²) in [5.41, 5.74) is 1.67. The topological polar surface area (TPSA) is 72.0 Å². The van der Waals surface area contributed by atoms with Gasteiger partial charge in [-0.15, -0.1) is 0 Å². The summed E-state index contributed by atoms with van der Waals surface area (Å²) in [6.45, 7) is -0.00444. The Bertz CT molecular complexity index is 620. The van der Waals surface area contributed by atoms with Gasteiger partial charge in [-0.3, -0.25) is 9.79 Å². The fourth-order valence-corrected chi connectivity index (χ4v) is 2.50. The average molecular weight is 417 g/mol. The number of unbranched alkanes of at least 4 members (excludes halogenated alkanes) is 3. The van der Waals surface area contributed by atoms with Crippen LogP contribution in [-0.4, -0.2) is 45.4 Å².